The van der Waals surface area contributed by atoms with Gasteiger partial charge in [-0.1, -0.05) is 74.0 Å². The second kappa shape index (κ2) is 11.6. The first-order valence-electron chi connectivity index (χ1n) is 9.68. The van der Waals surface area contributed by atoms with Gasteiger partial charge in [0.25, 0.3) is 5.91 Å². The van der Waals surface area contributed by atoms with Gasteiger partial charge in [0.15, 0.2) is 6.04 Å². The molecule has 0 aliphatic rings. The van der Waals surface area contributed by atoms with Gasteiger partial charge in [0.05, 0.1) is 6.54 Å². The summed E-state index contributed by atoms with van der Waals surface area (Å²) >= 11 is 0. The molecule has 1 heterocycles. The van der Waals surface area contributed by atoms with Crippen LogP contribution >= 0.6 is 0 Å². The summed E-state index contributed by atoms with van der Waals surface area (Å²) in [5.41, 5.74) is 2.26. The van der Waals surface area contributed by atoms with Crippen molar-refractivity contribution in [3.8, 4) is 0 Å². The molecular weight excluding hydrogens is 461 g/mol. The number of carbonyl (C=O) groups is 1. The molecule has 1 aromatic heterocycles. The van der Waals surface area contributed by atoms with E-state index in [0.717, 1.165) is 30.5 Å². The zero-order chi connectivity index (χ0) is 18.9. The van der Waals surface area contributed by atoms with E-state index in [1.807, 2.05) is 65.6 Å². The van der Waals surface area contributed by atoms with Crippen molar-refractivity contribution in [2.45, 2.75) is 45.3 Å². The number of carbonyl (C=O) groups excluding carboxylic acids is 1. The highest BCUT2D eigenvalue weighted by Gasteiger charge is 2.25. The van der Waals surface area contributed by atoms with Gasteiger partial charge in [0.1, 0.15) is 12.4 Å². The molecule has 1 amide bonds. The minimum atomic E-state index is -0.265. The maximum absolute atomic E-state index is 13.0. The molecule has 0 aliphatic heterocycles. The van der Waals surface area contributed by atoms with Crippen LogP contribution in [0.3, 0.4) is 0 Å². The highest BCUT2D eigenvalue weighted by molar-refractivity contribution is 5.80. The van der Waals surface area contributed by atoms with Crippen molar-refractivity contribution in [1.29, 1.82) is 0 Å². The average Bonchev–Trinajstić information content (AvgIpc) is 3.19. The predicted molar refractivity (Wildman–Crippen MR) is 107 cm³/mol. The highest BCUT2D eigenvalue weighted by atomic mass is 127. The Bertz CT molecular complexity index is 833. The van der Waals surface area contributed by atoms with Gasteiger partial charge in [-0.25, -0.2) is 9.13 Å². The first kappa shape index (κ1) is 22.1. The highest BCUT2D eigenvalue weighted by Crippen LogP contribution is 2.15. The molecule has 0 bridgehead atoms. The summed E-state index contributed by atoms with van der Waals surface area (Å²) in [6, 6.07) is 20.0. The Morgan fingerprint density at radius 1 is 1.04 bits per heavy atom. The van der Waals surface area contributed by atoms with E-state index in [9.17, 15) is 4.79 Å². The zero-order valence-electron chi connectivity index (χ0n) is 16.3. The van der Waals surface area contributed by atoms with Crippen molar-refractivity contribution in [1.82, 2.24) is 9.88 Å². The molecule has 1 atom stereocenters. The summed E-state index contributed by atoms with van der Waals surface area (Å²) in [6.45, 7) is 3.71. The van der Waals surface area contributed by atoms with Crippen molar-refractivity contribution < 1.29 is 33.3 Å². The van der Waals surface area contributed by atoms with Crippen LogP contribution in [0, 0.1) is 0 Å². The van der Waals surface area contributed by atoms with Crippen LogP contribution in [0.4, 0.5) is 0 Å². The molecule has 0 radical (unpaired) electrons. The van der Waals surface area contributed by atoms with Crippen LogP contribution in [-0.4, -0.2) is 10.5 Å². The van der Waals surface area contributed by atoms with E-state index in [1.54, 1.807) is 0 Å². The molecule has 2 aromatic carbocycles. The third-order valence-electron chi connectivity index (χ3n) is 4.73. The molecule has 0 saturated heterocycles. The Morgan fingerprint density at radius 3 is 2.32 bits per heavy atom. The van der Waals surface area contributed by atoms with Crippen LogP contribution in [0.5, 0.6) is 0 Å². The molecule has 1 N–H and O–H groups in total. The minimum Gasteiger partial charge on any atom is -1.00 e. The second-order valence-corrected chi connectivity index (χ2v) is 6.86. The smallest absolute Gasteiger partial charge is 0.266 e. The molecule has 3 aromatic rings. The normalized spacial score (nSPS) is 11.5. The molecule has 0 aliphatic carbocycles. The molecule has 0 saturated carbocycles. The number of nitrogens with zero attached hydrogens (tertiary/aromatic N) is 2. The maximum atomic E-state index is 13.0. The monoisotopic (exact) mass is 489 g/mol. The van der Waals surface area contributed by atoms with Crippen LogP contribution in [0.1, 0.15) is 36.9 Å². The fourth-order valence-electron chi connectivity index (χ4n) is 3.14. The van der Waals surface area contributed by atoms with Gasteiger partial charge in [-0.15, -0.1) is 0 Å². The number of amides is 1. The Labute approximate surface area is 184 Å². The summed E-state index contributed by atoms with van der Waals surface area (Å²) in [4.78, 5) is 13.0. The standard InChI is InChI=1S/C23H27N3O.HI/c1-2-3-14-25-15-16-26(19-25)22(17-20-10-6-4-7-11-20)23(27)24-18-21-12-8-5-9-13-21;/h4-13,15-16,19,22H,2-3,14,17-18H2,1H3;1H/t22-;/m0./s1. The molecule has 0 fully saturated rings. The number of rotatable bonds is 9. The minimum absolute atomic E-state index is 0. The van der Waals surface area contributed by atoms with Gasteiger partial charge in [-0.2, -0.15) is 0 Å². The summed E-state index contributed by atoms with van der Waals surface area (Å²) in [7, 11) is 0. The van der Waals surface area contributed by atoms with Crippen molar-refractivity contribution in [2.75, 3.05) is 0 Å². The number of nitrogens with one attached hydrogen (secondary N) is 1. The van der Waals surface area contributed by atoms with Gasteiger partial charge < -0.3 is 29.3 Å². The fourth-order valence-corrected chi connectivity index (χ4v) is 3.14. The van der Waals surface area contributed by atoms with E-state index in [-0.39, 0.29) is 35.9 Å². The second-order valence-electron chi connectivity index (χ2n) is 6.86. The molecule has 28 heavy (non-hydrogen) atoms. The summed E-state index contributed by atoms with van der Waals surface area (Å²) in [5, 5.41) is 3.10. The van der Waals surface area contributed by atoms with E-state index in [0.29, 0.717) is 13.0 Å². The van der Waals surface area contributed by atoms with Gasteiger partial charge in [0.2, 0.25) is 6.33 Å². The van der Waals surface area contributed by atoms with Gasteiger partial charge in [-0.05, 0) is 17.5 Å². The van der Waals surface area contributed by atoms with Crippen molar-refractivity contribution in [2.24, 2.45) is 0 Å². The van der Waals surface area contributed by atoms with Gasteiger partial charge >= 0.3 is 0 Å². The van der Waals surface area contributed by atoms with Crippen LogP contribution in [0.15, 0.2) is 79.4 Å². The number of halogens is 1. The molecule has 4 nitrogen and oxygen atoms in total. The Hall–Kier alpha value is -2.15. The van der Waals surface area contributed by atoms with Crippen LogP contribution in [0.2, 0.25) is 0 Å². The molecule has 0 spiro atoms. The van der Waals surface area contributed by atoms with E-state index in [4.69, 9.17) is 0 Å². The van der Waals surface area contributed by atoms with Crippen LogP contribution in [0.25, 0.3) is 0 Å². The topological polar surface area (TPSA) is 37.9 Å². The number of benzene rings is 2. The SMILES string of the molecule is CCCC[n+]1ccn([C@@H](Cc2ccccc2)C(=O)NCc2ccccc2)c1.[I-]. The zero-order valence-corrected chi connectivity index (χ0v) is 18.5. The largest absolute Gasteiger partial charge is 1.00 e. The number of imidazole rings is 1. The third kappa shape index (κ3) is 6.48. The number of hydrogen-bond acceptors (Lipinski definition) is 1. The molecule has 5 heteroatoms. The summed E-state index contributed by atoms with van der Waals surface area (Å²) in [5.74, 6) is 0.0425. The molecular formula is C23H28IN3O. The van der Waals surface area contributed by atoms with E-state index in [1.165, 1.54) is 0 Å². The van der Waals surface area contributed by atoms with Gasteiger partial charge in [0, 0.05) is 13.0 Å². The molecule has 3 rings (SSSR count). The van der Waals surface area contributed by atoms with Crippen molar-refractivity contribution in [3.05, 3.63) is 90.5 Å². The molecule has 148 valence electrons. The fraction of sp³-hybridized carbons (Fsp3) is 0.304. The number of unbranched alkanes of at least 4 members (excludes halogenated alkanes) is 1. The lowest BCUT2D eigenvalue weighted by Gasteiger charge is -2.14. The summed E-state index contributed by atoms with van der Waals surface area (Å²) in [6.07, 6.45) is 9.07. The van der Waals surface area contributed by atoms with Gasteiger partial charge in [-0.3, -0.25) is 4.79 Å². The van der Waals surface area contributed by atoms with Crippen LogP contribution in [-0.2, 0) is 24.3 Å². The maximum Gasteiger partial charge on any atom is 0.266 e. The first-order chi connectivity index (χ1) is 13.3. The van der Waals surface area contributed by atoms with Crippen molar-refractivity contribution >= 4 is 5.91 Å². The number of hydrogen-bond donors (Lipinski definition) is 1. The quantitative estimate of drug-likeness (QED) is 0.349. The predicted octanol–water partition coefficient (Wildman–Crippen LogP) is 0.680. The van der Waals surface area contributed by atoms with Crippen molar-refractivity contribution in [3.63, 3.8) is 0 Å². The Morgan fingerprint density at radius 2 is 1.68 bits per heavy atom. The molecule has 0 unspecified atom stereocenters. The lowest BCUT2D eigenvalue weighted by Crippen LogP contribution is -3.00. The Balaban J connectivity index is 0.00000280. The lowest BCUT2D eigenvalue weighted by atomic mass is 10.0. The van der Waals surface area contributed by atoms with E-state index in [2.05, 4.69) is 35.1 Å². The lowest BCUT2D eigenvalue weighted by molar-refractivity contribution is -0.696. The third-order valence-corrected chi connectivity index (χ3v) is 4.73. The first-order valence-corrected chi connectivity index (χ1v) is 9.68. The number of aryl methyl sites for hydroxylation is 1. The Kier molecular flexibility index (Phi) is 9.20. The van der Waals surface area contributed by atoms with Crippen LogP contribution < -0.4 is 33.9 Å². The average molecular weight is 489 g/mol. The summed E-state index contributed by atoms with van der Waals surface area (Å²) < 4.78 is 4.19. The van der Waals surface area contributed by atoms with E-state index < -0.39 is 0 Å². The number of aromatic nitrogens is 2. The van der Waals surface area contributed by atoms with E-state index >= 15 is 0 Å².